The fraction of sp³-hybridized carbons (Fsp3) is 0.583. The van der Waals surface area contributed by atoms with Crippen molar-refractivity contribution < 1.29 is 14.3 Å². The predicted molar refractivity (Wildman–Crippen MR) is 68.9 cm³/mol. The number of carbonyl (C=O) groups is 1. The molecule has 96 valence electrons. The molecule has 0 atom stereocenters. The van der Waals surface area contributed by atoms with Crippen molar-refractivity contribution in [3.8, 4) is 0 Å². The van der Waals surface area contributed by atoms with Gasteiger partial charge < -0.3 is 14.4 Å². The van der Waals surface area contributed by atoms with Crippen LogP contribution in [0.15, 0.2) is 16.5 Å². The maximum absolute atomic E-state index is 11.7. The van der Waals surface area contributed by atoms with Gasteiger partial charge in [-0.3, -0.25) is 4.79 Å². The van der Waals surface area contributed by atoms with Crippen LogP contribution in [0, 0.1) is 6.92 Å². The summed E-state index contributed by atoms with van der Waals surface area (Å²) in [5, 5.41) is 8.62. The molecular weight excluding hydrogens is 238 g/mol. The number of furan rings is 1. The molecule has 5 heteroatoms. The topological polar surface area (TPSA) is 53.7 Å². The molecule has 1 amide bonds. The number of nitrogens with zero attached hydrogens (tertiary/aromatic N) is 1. The van der Waals surface area contributed by atoms with Crippen molar-refractivity contribution in [1.82, 2.24) is 4.90 Å². The average molecular weight is 257 g/mol. The second-order valence-corrected chi connectivity index (χ2v) is 5.00. The Labute approximate surface area is 106 Å². The highest BCUT2D eigenvalue weighted by molar-refractivity contribution is 7.99. The van der Waals surface area contributed by atoms with Crippen LogP contribution in [-0.2, 0) is 11.3 Å². The van der Waals surface area contributed by atoms with E-state index in [0.717, 1.165) is 23.7 Å². The quantitative estimate of drug-likeness (QED) is 0.755. The first-order valence-electron chi connectivity index (χ1n) is 5.61. The van der Waals surface area contributed by atoms with Gasteiger partial charge in [-0.1, -0.05) is 0 Å². The largest absolute Gasteiger partial charge is 0.464 e. The highest BCUT2D eigenvalue weighted by Crippen LogP contribution is 2.10. The molecule has 0 aliphatic rings. The fourth-order valence-corrected chi connectivity index (χ4v) is 2.20. The predicted octanol–water partition coefficient (Wildman–Crippen LogP) is 1.66. The number of carbonyl (C=O) groups excluding carboxylic acids is 1. The smallest absolute Gasteiger partial charge is 0.232 e. The molecule has 4 nitrogen and oxygen atoms in total. The van der Waals surface area contributed by atoms with Gasteiger partial charge >= 0.3 is 0 Å². The first kappa shape index (κ1) is 14.1. The summed E-state index contributed by atoms with van der Waals surface area (Å²) in [5.74, 6) is 3.02. The number of hydrogen-bond acceptors (Lipinski definition) is 4. The minimum atomic E-state index is 0.0852. The van der Waals surface area contributed by atoms with E-state index in [9.17, 15) is 4.79 Å². The van der Waals surface area contributed by atoms with E-state index in [0.29, 0.717) is 12.3 Å². The fourth-order valence-electron chi connectivity index (χ4n) is 1.33. The van der Waals surface area contributed by atoms with E-state index in [4.69, 9.17) is 9.52 Å². The minimum Gasteiger partial charge on any atom is -0.464 e. The molecule has 1 rings (SSSR count). The van der Waals surface area contributed by atoms with Gasteiger partial charge in [-0.25, -0.2) is 0 Å². The lowest BCUT2D eigenvalue weighted by Gasteiger charge is -2.15. The van der Waals surface area contributed by atoms with Gasteiger partial charge in [0, 0.05) is 13.7 Å². The normalized spacial score (nSPS) is 10.5. The zero-order chi connectivity index (χ0) is 12.7. The minimum absolute atomic E-state index is 0.0852. The molecule has 0 saturated carbocycles. The van der Waals surface area contributed by atoms with E-state index in [-0.39, 0.29) is 12.5 Å². The number of aryl methyl sites for hydroxylation is 1. The summed E-state index contributed by atoms with van der Waals surface area (Å²) >= 11 is 1.55. The van der Waals surface area contributed by atoms with Crippen LogP contribution in [0.5, 0.6) is 0 Å². The molecule has 1 N–H and O–H groups in total. The van der Waals surface area contributed by atoms with Crippen molar-refractivity contribution in [3.05, 3.63) is 23.7 Å². The van der Waals surface area contributed by atoms with Crippen molar-refractivity contribution in [2.45, 2.75) is 19.9 Å². The SMILES string of the molecule is Cc1ccc(CN(C)C(=O)CSCCCO)o1. The molecule has 0 aliphatic heterocycles. The molecule has 0 unspecified atom stereocenters. The van der Waals surface area contributed by atoms with Gasteiger partial charge in [0.1, 0.15) is 11.5 Å². The van der Waals surface area contributed by atoms with Crippen molar-refractivity contribution in [1.29, 1.82) is 0 Å². The van der Waals surface area contributed by atoms with E-state index < -0.39 is 0 Å². The Balaban J connectivity index is 2.27. The van der Waals surface area contributed by atoms with E-state index in [1.54, 1.807) is 23.7 Å². The third-order valence-corrected chi connectivity index (χ3v) is 3.32. The molecule has 0 bridgehead atoms. The van der Waals surface area contributed by atoms with Gasteiger partial charge in [-0.05, 0) is 31.2 Å². The average Bonchev–Trinajstić information content (AvgIpc) is 2.70. The summed E-state index contributed by atoms with van der Waals surface area (Å²) in [5.41, 5.74) is 0. The van der Waals surface area contributed by atoms with Crippen LogP contribution in [0.4, 0.5) is 0 Å². The number of hydrogen-bond donors (Lipinski definition) is 1. The summed E-state index contributed by atoms with van der Waals surface area (Å²) in [7, 11) is 1.77. The molecule has 1 aromatic heterocycles. The summed E-state index contributed by atoms with van der Waals surface area (Å²) in [6, 6.07) is 3.78. The van der Waals surface area contributed by atoms with Gasteiger partial charge in [-0.2, -0.15) is 11.8 Å². The second-order valence-electron chi connectivity index (χ2n) is 3.89. The Morgan fingerprint density at radius 3 is 2.88 bits per heavy atom. The lowest BCUT2D eigenvalue weighted by Crippen LogP contribution is -2.27. The highest BCUT2D eigenvalue weighted by atomic mass is 32.2. The molecule has 0 aliphatic carbocycles. The summed E-state index contributed by atoms with van der Waals surface area (Å²) in [4.78, 5) is 13.4. The molecule has 0 spiro atoms. The third kappa shape index (κ3) is 5.28. The molecule has 0 radical (unpaired) electrons. The van der Waals surface area contributed by atoms with Gasteiger partial charge in [0.05, 0.1) is 12.3 Å². The van der Waals surface area contributed by atoms with Crippen LogP contribution in [0.25, 0.3) is 0 Å². The zero-order valence-electron chi connectivity index (χ0n) is 10.3. The van der Waals surface area contributed by atoms with E-state index in [1.807, 2.05) is 19.1 Å². The molecule has 0 saturated heterocycles. The summed E-state index contributed by atoms with van der Waals surface area (Å²) in [6.07, 6.45) is 0.735. The standard InChI is InChI=1S/C12H19NO3S/c1-10-4-5-11(16-10)8-13(2)12(15)9-17-7-3-6-14/h4-5,14H,3,6-9H2,1-2H3. The molecule has 0 aromatic carbocycles. The van der Waals surface area contributed by atoms with Crippen molar-refractivity contribution in [2.24, 2.45) is 0 Å². The number of aliphatic hydroxyl groups is 1. The molecule has 1 aromatic rings. The van der Waals surface area contributed by atoms with Gasteiger partial charge in [0.2, 0.25) is 5.91 Å². The van der Waals surface area contributed by atoms with Crippen LogP contribution in [-0.4, -0.2) is 41.1 Å². The van der Waals surface area contributed by atoms with Gasteiger partial charge in [-0.15, -0.1) is 0 Å². The monoisotopic (exact) mass is 257 g/mol. The number of thioether (sulfide) groups is 1. The Hall–Kier alpha value is -0.940. The summed E-state index contributed by atoms with van der Waals surface area (Å²) in [6.45, 7) is 2.58. The van der Waals surface area contributed by atoms with E-state index in [1.165, 1.54) is 0 Å². The lowest BCUT2D eigenvalue weighted by molar-refractivity contribution is -0.127. The van der Waals surface area contributed by atoms with Crippen LogP contribution in [0.3, 0.4) is 0 Å². The van der Waals surface area contributed by atoms with Crippen molar-refractivity contribution in [2.75, 3.05) is 25.2 Å². The number of aliphatic hydroxyl groups excluding tert-OH is 1. The molecule has 17 heavy (non-hydrogen) atoms. The maximum Gasteiger partial charge on any atom is 0.232 e. The van der Waals surface area contributed by atoms with Crippen molar-refractivity contribution in [3.63, 3.8) is 0 Å². The zero-order valence-corrected chi connectivity index (χ0v) is 11.1. The Morgan fingerprint density at radius 2 is 2.29 bits per heavy atom. The highest BCUT2D eigenvalue weighted by Gasteiger charge is 2.10. The number of rotatable bonds is 7. The first-order chi connectivity index (χ1) is 8.13. The number of amides is 1. The molecule has 1 heterocycles. The third-order valence-electron chi connectivity index (χ3n) is 2.29. The first-order valence-corrected chi connectivity index (χ1v) is 6.77. The second kappa shape index (κ2) is 7.40. The maximum atomic E-state index is 11.7. The lowest BCUT2D eigenvalue weighted by atomic mass is 10.4. The van der Waals surface area contributed by atoms with E-state index in [2.05, 4.69) is 0 Å². The van der Waals surface area contributed by atoms with Gasteiger partial charge in [0.25, 0.3) is 0 Å². The Bertz CT molecular complexity index is 351. The summed E-state index contributed by atoms with van der Waals surface area (Å²) < 4.78 is 5.41. The van der Waals surface area contributed by atoms with Crippen LogP contribution < -0.4 is 0 Å². The van der Waals surface area contributed by atoms with Gasteiger partial charge in [0.15, 0.2) is 0 Å². The molecular formula is C12H19NO3S. The Morgan fingerprint density at radius 1 is 1.53 bits per heavy atom. The van der Waals surface area contributed by atoms with Crippen LogP contribution in [0.1, 0.15) is 17.9 Å². The molecule has 0 fully saturated rings. The van der Waals surface area contributed by atoms with Crippen molar-refractivity contribution >= 4 is 17.7 Å². The Kier molecular flexibility index (Phi) is 6.15. The van der Waals surface area contributed by atoms with Crippen LogP contribution in [0.2, 0.25) is 0 Å². The van der Waals surface area contributed by atoms with Crippen LogP contribution >= 0.6 is 11.8 Å². The van der Waals surface area contributed by atoms with E-state index >= 15 is 0 Å².